The van der Waals surface area contributed by atoms with Gasteiger partial charge in [-0.2, -0.15) is 0 Å². The topological polar surface area (TPSA) is 44.5 Å². The second kappa shape index (κ2) is 6.19. The average Bonchev–Trinajstić information content (AvgIpc) is 2.95. The summed E-state index contributed by atoms with van der Waals surface area (Å²) in [6.45, 7) is 3.45. The van der Waals surface area contributed by atoms with Gasteiger partial charge in [0.2, 0.25) is 0 Å². The number of fused-ring (bicyclic) bond motifs is 1. The van der Waals surface area contributed by atoms with Crippen LogP contribution in [0.1, 0.15) is 29.7 Å². The van der Waals surface area contributed by atoms with Crippen molar-refractivity contribution in [3.05, 3.63) is 59.2 Å². The van der Waals surface area contributed by atoms with E-state index >= 15 is 0 Å². The van der Waals surface area contributed by atoms with Gasteiger partial charge in [0.15, 0.2) is 0 Å². The maximum absolute atomic E-state index is 5.89. The molecule has 0 bridgehead atoms. The Balaban J connectivity index is 1.57. The van der Waals surface area contributed by atoms with Crippen LogP contribution in [-0.2, 0) is 12.8 Å². The van der Waals surface area contributed by atoms with E-state index in [2.05, 4.69) is 18.2 Å². The molecule has 0 radical (unpaired) electrons. The molecule has 2 aromatic rings. The predicted octanol–water partition coefficient (Wildman–Crippen LogP) is 3.26. The summed E-state index contributed by atoms with van der Waals surface area (Å²) in [5, 5.41) is 0. The Hall–Kier alpha value is -2.00. The molecule has 2 N–H and O–H groups in total. The first kappa shape index (κ1) is 14.0. The van der Waals surface area contributed by atoms with E-state index in [4.69, 9.17) is 15.2 Å². The summed E-state index contributed by atoms with van der Waals surface area (Å²) in [6.07, 6.45) is 1.91. The van der Waals surface area contributed by atoms with Crippen molar-refractivity contribution < 1.29 is 9.47 Å². The van der Waals surface area contributed by atoms with Gasteiger partial charge in [-0.15, -0.1) is 0 Å². The zero-order chi connectivity index (χ0) is 14.7. The van der Waals surface area contributed by atoms with E-state index < -0.39 is 0 Å². The fraction of sp³-hybridized carbons (Fsp3) is 0.333. The Labute approximate surface area is 125 Å². The van der Waals surface area contributed by atoms with Crippen LogP contribution >= 0.6 is 0 Å². The molecule has 0 saturated heterocycles. The number of ether oxygens (including phenoxy) is 2. The smallest absolute Gasteiger partial charge is 0.122 e. The third-order valence-electron chi connectivity index (χ3n) is 3.80. The molecule has 110 valence electrons. The van der Waals surface area contributed by atoms with Gasteiger partial charge in [-0.05, 0) is 41.8 Å². The highest BCUT2D eigenvalue weighted by molar-refractivity contribution is 5.40. The number of nitrogens with two attached hydrogens (primary N) is 1. The monoisotopic (exact) mass is 283 g/mol. The van der Waals surface area contributed by atoms with E-state index in [-0.39, 0.29) is 6.04 Å². The Morgan fingerprint density at radius 1 is 1.24 bits per heavy atom. The third kappa shape index (κ3) is 3.37. The van der Waals surface area contributed by atoms with Crippen LogP contribution in [0.3, 0.4) is 0 Å². The lowest BCUT2D eigenvalue weighted by Gasteiger charge is -2.10. The summed E-state index contributed by atoms with van der Waals surface area (Å²) in [5.74, 6) is 1.92. The van der Waals surface area contributed by atoms with Crippen molar-refractivity contribution in [2.75, 3.05) is 13.2 Å². The van der Waals surface area contributed by atoms with Crippen LogP contribution in [0.25, 0.3) is 0 Å². The highest BCUT2D eigenvalue weighted by atomic mass is 16.5. The lowest BCUT2D eigenvalue weighted by Crippen LogP contribution is -2.06. The van der Waals surface area contributed by atoms with E-state index in [1.165, 1.54) is 11.1 Å². The van der Waals surface area contributed by atoms with Crippen LogP contribution in [-0.4, -0.2) is 13.2 Å². The maximum atomic E-state index is 5.89. The molecule has 1 heterocycles. The number of hydrogen-bond acceptors (Lipinski definition) is 3. The first-order chi connectivity index (χ1) is 10.2. The van der Waals surface area contributed by atoms with Crippen molar-refractivity contribution in [3.8, 4) is 11.5 Å². The molecule has 3 rings (SSSR count). The van der Waals surface area contributed by atoms with Gasteiger partial charge in [0.25, 0.3) is 0 Å². The summed E-state index contributed by atoms with van der Waals surface area (Å²) in [5.41, 5.74) is 9.59. The number of benzene rings is 2. The molecule has 0 amide bonds. The molecule has 3 nitrogen and oxygen atoms in total. The Morgan fingerprint density at radius 3 is 3.00 bits per heavy atom. The van der Waals surface area contributed by atoms with Crippen molar-refractivity contribution in [2.45, 2.75) is 25.8 Å². The first-order valence-electron chi connectivity index (χ1n) is 7.45. The van der Waals surface area contributed by atoms with Crippen LogP contribution < -0.4 is 15.2 Å². The van der Waals surface area contributed by atoms with E-state index in [1.54, 1.807) is 0 Å². The molecular formula is C18H21NO2. The van der Waals surface area contributed by atoms with Crippen molar-refractivity contribution in [1.82, 2.24) is 0 Å². The van der Waals surface area contributed by atoms with Crippen LogP contribution in [0, 0.1) is 0 Å². The Bertz CT molecular complexity index is 622. The highest BCUT2D eigenvalue weighted by Gasteiger charge is 2.11. The zero-order valence-electron chi connectivity index (χ0n) is 12.3. The third-order valence-corrected chi connectivity index (χ3v) is 3.80. The van der Waals surface area contributed by atoms with Crippen LogP contribution in [0.5, 0.6) is 11.5 Å². The lowest BCUT2D eigenvalue weighted by molar-refractivity contribution is 0.321. The Kier molecular flexibility index (Phi) is 4.11. The average molecular weight is 283 g/mol. The van der Waals surface area contributed by atoms with E-state index in [1.807, 2.05) is 31.2 Å². The van der Waals surface area contributed by atoms with Gasteiger partial charge in [0.05, 0.1) is 13.2 Å². The highest BCUT2D eigenvalue weighted by Crippen LogP contribution is 2.26. The number of rotatable bonds is 5. The summed E-state index contributed by atoms with van der Waals surface area (Å²) < 4.78 is 11.4. The normalized spacial score (nSPS) is 14.4. The Morgan fingerprint density at radius 2 is 2.14 bits per heavy atom. The van der Waals surface area contributed by atoms with Gasteiger partial charge in [-0.3, -0.25) is 0 Å². The van der Waals surface area contributed by atoms with Gasteiger partial charge in [-0.25, -0.2) is 0 Å². The summed E-state index contributed by atoms with van der Waals surface area (Å²) in [4.78, 5) is 0. The molecule has 0 aliphatic carbocycles. The predicted molar refractivity (Wildman–Crippen MR) is 83.9 cm³/mol. The summed E-state index contributed by atoms with van der Waals surface area (Å²) in [7, 11) is 0. The van der Waals surface area contributed by atoms with Gasteiger partial charge in [0, 0.05) is 18.9 Å². The molecule has 3 heteroatoms. The van der Waals surface area contributed by atoms with E-state index in [0.717, 1.165) is 36.5 Å². The molecule has 21 heavy (non-hydrogen) atoms. The van der Waals surface area contributed by atoms with Gasteiger partial charge in [0.1, 0.15) is 11.5 Å². The van der Waals surface area contributed by atoms with Crippen molar-refractivity contribution in [2.24, 2.45) is 5.73 Å². The molecule has 0 fully saturated rings. The molecule has 0 saturated carbocycles. The number of hydrogen-bond donors (Lipinski definition) is 1. The van der Waals surface area contributed by atoms with E-state index in [9.17, 15) is 0 Å². The maximum Gasteiger partial charge on any atom is 0.122 e. The standard InChI is InChI=1S/C18H21NO2/c1-13(19)15-3-2-4-17(12-15)20-9-7-14-5-6-18-16(11-14)8-10-21-18/h2-6,11-13H,7-10,19H2,1H3/t13-/m1/s1. The molecule has 0 aromatic heterocycles. The minimum atomic E-state index is 0.0326. The van der Waals surface area contributed by atoms with Gasteiger partial charge in [-0.1, -0.05) is 24.3 Å². The molecule has 0 unspecified atom stereocenters. The fourth-order valence-corrected chi connectivity index (χ4v) is 2.57. The molecule has 1 aliphatic heterocycles. The van der Waals surface area contributed by atoms with Gasteiger partial charge < -0.3 is 15.2 Å². The fourth-order valence-electron chi connectivity index (χ4n) is 2.57. The molecule has 1 atom stereocenters. The molecule has 0 spiro atoms. The second-order valence-electron chi connectivity index (χ2n) is 5.50. The minimum Gasteiger partial charge on any atom is -0.493 e. The summed E-state index contributed by atoms with van der Waals surface area (Å²) in [6, 6.07) is 14.4. The molecular weight excluding hydrogens is 262 g/mol. The van der Waals surface area contributed by atoms with Crippen molar-refractivity contribution in [1.29, 1.82) is 0 Å². The lowest BCUT2D eigenvalue weighted by atomic mass is 10.1. The molecule has 2 aromatic carbocycles. The SMILES string of the molecule is C[C@@H](N)c1cccc(OCCc2ccc3c(c2)CCO3)c1. The van der Waals surface area contributed by atoms with Crippen LogP contribution in [0.2, 0.25) is 0 Å². The summed E-state index contributed by atoms with van der Waals surface area (Å²) >= 11 is 0. The molecule has 1 aliphatic rings. The van der Waals surface area contributed by atoms with Gasteiger partial charge >= 0.3 is 0 Å². The van der Waals surface area contributed by atoms with Crippen LogP contribution in [0.15, 0.2) is 42.5 Å². The van der Waals surface area contributed by atoms with Crippen molar-refractivity contribution in [3.63, 3.8) is 0 Å². The first-order valence-corrected chi connectivity index (χ1v) is 7.45. The van der Waals surface area contributed by atoms with E-state index in [0.29, 0.717) is 6.61 Å². The zero-order valence-corrected chi connectivity index (χ0v) is 12.3. The van der Waals surface area contributed by atoms with Crippen LogP contribution in [0.4, 0.5) is 0 Å². The second-order valence-corrected chi connectivity index (χ2v) is 5.50. The van der Waals surface area contributed by atoms with Crippen molar-refractivity contribution >= 4 is 0 Å². The quantitative estimate of drug-likeness (QED) is 0.916. The minimum absolute atomic E-state index is 0.0326. The largest absolute Gasteiger partial charge is 0.493 e.